The summed E-state index contributed by atoms with van der Waals surface area (Å²) in [4.78, 5) is 29.8. The van der Waals surface area contributed by atoms with Gasteiger partial charge in [-0.15, -0.1) is 0 Å². The fourth-order valence-corrected chi connectivity index (χ4v) is 7.16. The summed E-state index contributed by atoms with van der Waals surface area (Å²) >= 11 is 0. The van der Waals surface area contributed by atoms with Gasteiger partial charge in [0, 0.05) is 31.1 Å². The average molecular weight is 705 g/mol. The second kappa shape index (κ2) is 16.3. The van der Waals surface area contributed by atoms with Crippen LogP contribution in [-0.2, 0) is 11.3 Å². The molecule has 1 amide bonds. The lowest BCUT2D eigenvalue weighted by Crippen LogP contribution is -2.52. The first kappa shape index (κ1) is 35.1. The SMILES string of the molecule is O=C(N[C@@H](c1ccccc1)c1cccc(OCCOc2ccc(CNC[C@H](O)c3ccc(O)c4[nH]c(=O)ccc34)cc2)c1)O[C@H]1CN2CCC1CC2. The molecule has 0 aliphatic carbocycles. The number of phenolic OH excluding ortho intramolecular Hbond substituents is 1. The van der Waals surface area contributed by atoms with Crippen LogP contribution < -0.4 is 25.7 Å². The van der Waals surface area contributed by atoms with Gasteiger partial charge in [0.25, 0.3) is 0 Å². The summed E-state index contributed by atoms with van der Waals surface area (Å²) < 4.78 is 17.9. The number of aromatic nitrogens is 1. The van der Waals surface area contributed by atoms with Crippen molar-refractivity contribution in [3.05, 3.63) is 136 Å². The first-order valence-corrected chi connectivity index (χ1v) is 17.8. The molecule has 4 heterocycles. The number of aliphatic hydroxyl groups excluding tert-OH is 1. The van der Waals surface area contributed by atoms with E-state index in [1.54, 1.807) is 12.1 Å². The lowest BCUT2D eigenvalue weighted by Gasteiger charge is -2.43. The number of carbonyl (C=O) groups is 1. The number of benzene rings is 4. The third kappa shape index (κ3) is 8.56. The van der Waals surface area contributed by atoms with Crippen molar-refractivity contribution in [3.63, 3.8) is 0 Å². The Balaban J connectivity index is 0.881. The summed E-state index contributed by atoms with van der Waals surface area (Å²) in [7, 11) is 0. The number of hydrogen-bond donors (Lipinski definition) is 5. The van der Waals surface area contributed by atoms with Gasteiger partial charge >= 0.3 is 6.09 Å². The molecule has 8 rings (SSSR count). The van der Waals surface area contributed by atoms with Crippen LogP contribution in [0.4, 0.5) is 4.79 Å². The van der Waals surface area contributed by atoms with Crippen LogP contribution in [0.1, 0.15) is 47.2 Å². The van der Waals surface area contributed by atoms with E-state index in [0.717, 1.165) is 49.2 Å². The molecule has 270 valence electrons. The van der Waals surface area contributed by atoms with Crippen LogP contribution in [0.25, 0.3) is 10.9 Å². The highest BCUT2D eigenvalue weighted by molar-refractivity contribution is 5.87. The number of rotatable bonds is 14. The van der Waals surface area contributed by atoms with E-state index in [1.165, 1.54) is 12.1 Å². The molecule has 5 N–H and O–H groups in total. The van der Waals surface area contributed by atoms with Gasteiger partial charge in [-0.2, -0.15) is 0 Å². The van der Waals surface area contributed by atoms with Gasteiger partial charge in [0.05, 0.1) is 17.7 Å². The van der Waals surface area contributed by atoms with E-state index in [-0.39, 0.29) is 24.0 Å². The molecule has 1 aromatic heterocycles. The summed E-state index contributed by atoms with van der Waals surface area (Å²) in [6.45, 7) is 4.45. The molecule has 5 aromatic rings. The summed E-state index contributed by atoms with van der Waals surface area (Å²) in [5.41, 5.74) is 3.45. The molecule has 2 bridgehead atoms. The number of phenols is 1. The number of pyridine rings is 1. The Hall–Kier alpha value is -5.36. The van der Waals surface area contributed by atoms with Crippen LogP contribution in [0.5, 0.6) is 17.2 Å². The number of nitrogens with one attached hydrogen (secondary N) is 3. The fraction of sp³-hybridized carbons (Fsp3) is 0.317. The number of ether oxygens (including phenoxy) is 3. The Morgan fingerprint density at radius 2 is 1.62 bits per heavy atom. The Labute approximate surface area is 302 Å². The summed E-state index contributed by atoms with van der Waals surface area (Å²) in [5.74, 6) is 1.77. The molecule has 3 fully saturated rings. The molecule has 3 atom stereocenters. The van der Waals surface area contributed by atoms with Crippen LogP contribution in [0.2, 0.25) is 0 Å². The predicted octanol–water partition coefficient (Wildman–Crippen LogP) is 5.42. The van der Waals surface area contributed by atoms with Crippen molar-refractivity contribution in [3.8, 4) is 17.2 Å². The number of nitrogens with zero attached hydrogens (tertiary/aromatic N) is 1. The van der Waals surface area contributed by atoms with Crippen LogP contribution in [0, 0.1) is 5.92 Å². The number of aliphatic hydroxyl groups is 1. The third-order valence-electron chi connectivity index (χ3n) is 9.92. The van der Waals surface area contributed by atoms with Crippen molar-refractivity contribution in [1.29, 1.82) is 0 Å². The van der Waals surface area contributed by atoms with E-state index < -0.39 is 18.2 Å². The summed E-state index contributed by atoms with van der Waals surface area (Å²) in [6, 6.07) is 31.0. The van der Waals surface area contributed by atoms with Crippen molar-refractivity contribution in [2.75, 3.05) is 39.4 Å². The maximum atomic E-state index is 13.2. The van der Waals surface area contributed by atoms with Crippen LogP contribution >= 0.6 is 0 Å². The zero-order valence-electron chi connectivity index (χ0n) is 28.9. The number of hydrogen-bond acceptors (Lipinski definition) is 9. The number of carbonyl (C=O) groups excluding carboxylic acids is 1. The van der Waals surface area contributed by atoms with Crippen LogP contribution in [-0.4, -0.2) is 71.7 Å². The second-order valence-electron chi connectivity index (χ2n) is 13.4. The molecular weight excluding hydrogens is 660 g/mol. The normalized spacial score (nSPS) is 19.1. The predicted molar refractivity (Wildman–Crippen MR) is 198 cm³/mol. The second-order valence-corrected chi connectivity index (χ2v) is 13.4. The molecule has 4 aromatic carbocycles. The standard InChI is InChI=1S/C41H44N4O7/c46-35-15-13-33(34-14-16-38(48)43-40(34)35)36(47)25-42-24-27-9-11-31(12-10-27)50-21-22-51-32-8-4-7-30(23-32)39(29-5-2-1-3-6-29)44-41(49)52-37-26-45-19-17-28(37)18-20-45/h1-16,23,28,36-37,39,42,46-47H,17-22,24-26H2,(H,43,48)(H,44,49)/t36-,37-,39-/m0/s1. The van der Waals surface area contributed by atoms with Gasteiger partial charge in [-0.1, -0.05) is 60.7 Å². The van der Waals surface area contributed by atoms with Gasteiger partial charge in [-0.05, 0) is 90.5 Å². The van der Waals surface area contributed by atoms with Crippen molar-refractivity contribution in [2.24, 2.45) is 5.92 Å². The van der Waals surface area contributed by atoms with Crippen molar-refractivity contribution < 1.29 is 29.2 Å². The number of fused-ring (bicyclic) bond motifs is 4. The van der Waals surface area contributed by atoms with Gasteiger partial charge in [0.2, 0.25) is 5.56 Å². The molecule has 11 nitrogen and oxygen atoms in total. The highest BCUT2D eigenvalue weighted by Gasteiger charge is 2.37. The monoisotopic (exact) mass is 704 g/mol. The maximum absolute atomic E-state index is 13.2. The Morgan fingerprint density at radius 1 is 0.865 bits per heavy atom. The highest BCUT2D eigenvalue weighted by atomic mass is 16.6. The van der Waals surface area contributed by atoms with Crippen molar-refractivity contribution in [1.82, 2.24) is 20.5 Å². The Morgan fingerprint density at radius 3 is 2.37 bits per heavy atom. The average Bonchev–Trinajstić information content (AvgIpc) is 3.17. The molecule has 3 aliphatic heterocycles. The number of piperidine rings is 3. The zero-order valence-corrected chi connectivity index (χ0v) is 28.9. The summed E-state index contributed by atoms with van der Waals surface area (Å²) in [5, 5.41) is 27.9. The molecule has 11 heteroatoms. The quantitative estimate of drug-likeness (QED) is 0.0957. The van der Waals surface area contributed by atoms with Crippen molar-refractivity contribution >= 4 is 17.0 Å². The first-order chi connectivity index (χ1) is 25.4. The van der Waals surface area contributed by atoms with Gasteiger partial charge in [-0.25, -0.2) is 4.79 Å². The molecule has 0 spiro atoms. The van der Waals surface area contributed by atoms with Crippen molar-refractivity contribution in [2.45, 2.75) is 37.6 Å². The largest absolute Gasteiger partial charge is 0.506 e. The smallest absolute Gasteiger partial charge is 0.408 e. The van der Waals surface area contributed by atoms with Gasteiger partial charge in [-0.3, -0.25) is 9.69 Å². The minimum atomic E-state index is -0.839. The Bertz CT molecular complexity index is 2010. The highest BCUT2D eigenvalue weighted by Crippen LogP contribution is 2.31. The van der Waals surface area contributed by atoms with E-state index >= 15 is 0 Å². The minimum absolute atomic E-state index is 0.0423. The molecular formula is C41H44N4O7. The number of H-pyrrole nitrogens is 1. The van der Waals surface area contributed by atoms with E-state index in [4.69, 9.17) is 14.2 Å². The third-order valence-corrected chi connectivity index (χ3v) is 9.92. The fourth-order valence-electron chi connectivity index (χ4n) is 7.16. The van der Waals surface area contributed by atoms with Crippen LogP contribution in [0.3, 0.4) is 0 Å². The number of amides is 1. The van der Waals surface area contributed by atoms with Crippen LogP contribution in [0.15, 0.2) is 108 Å². The number of aromatic hydroxyl groups is 1. The topological polar surface area (TPSA) is 145 Å². The van der Waals surface area contributed by atoms with Gasteiger partial charge < -0.3 is 40.0 Å². The maximum Gasteiger partial charge on any atom is 0.408 e. The summed E-state index contributed by atoms with van der Waals surface area (Å²) in [6.07, 6.45) is 0.830. The lowest BCUT2D eigenvalue weighted by molar-refractivity contribution is -0.0336. The van der Waals surface area contributed by atoms with E-state index in [2.05, 4.69) is 20.5 Å². The lowest BCUT2D eigenvalue weighted by atomic mass is 9.86. The number of aromatic amines is 1. The van der Waals surface area contributed by atoms with E-state index in [9.17, 15) is 19.8 Å². The molecule has 0 saturated carbocycles. The minimum Gasteiger partial charge on any atom is -0.506 e. The molecule has 52 heavy (non-hydrogen) atoms. The van der Waals surface area contributed by atoms with Gasteiger partial charge in [0.15, 0.2) is 0 Å². The van der Waals surface area contributed by atoms with E-state index in [0.29, 0.717) is 53.6 Å². The molecule has 0 unspecified atom stereocenters. The first-order valence-electron chi connectivity index (χ1n) is 17.8. The van der Waals surface area contributed by atoms with Gasteiger partial charge in [0.1, 0.15) is 36.6 Å². The van der Waals surface area contributed by atoms with E-state index in [1.807, 2.05) is 78.9 Å². The molecule has 3 aliphatic rings. The molecule has 0 radical (unpaired) electrons. The number of alkyl carbamates (subject to hydrolysis) is 1. The Kier molecular flexibility index (Phi) is 11.0. The molecule has 3 saturated heterocycles. The zero-order chi connectivity index (χ0) is 35.9.